The maximum atomic E-state index is 12.1. The number of nitrogens with one attached hydrogen (secondary N) is 1. The van der Waals surface area contributed by atoms with Crippen molar-refractivity contribution in [2.24, 2.45) is 11.7 Å². The molecule has 0 aromatic heterocycles. The molecule has 0 heterocycles. The molecule has 1 aliphatic rings. The number of carbonyl (C=O) groups is 1. The zero-order valence-electron chi connectivity index (χ0n) is 10.7. The normalized spacial score (nSPS) is 19.1. The summed E-state index contributed by atoms with van der Waals surface area (Å²) in [4.78, 5) is 12.1. The summed E-state index contributed by atoms with van der Waals surface area (Å²) in [5.41, 5.74) is 6.15. The highest BCUT2D eigenvalue weighted by Gasteiger charge is 2.20. The molecule has 17 heavy (non-hydrogen) atoms. The second-order valence-electron chi connectivity index (χ2n) is 4.84. The van der Waals surface area contributed by atoms with Gasteiger partial charge in [0.1, 0.15) is 0 Å². The second kappa shape index (κ2) is 7.15. The fourth-order valence-corrected chi connectivity index (χ4v) is 2.32. The second-order valence-corrected chi connectivity index (χ2v) is 4.84. The zero-order chi connectivity index (χ0) is 12.7. The van der Waals surface area contributed by atoms with Crippen LogP contribution >= 0.6 is 0 Å². The van der Waals surface area contributed by atoms with Gasteiger partial charge < -0.3 is 11.1 Å². The average Bonchev–Trinajstić information content (AvgIpc) is 2.29. The van der Waals surface area contributed by atoms with E-state index in [0.29, 0.717) is 18.2 Å². The third kappa shape index (κ3) is 5.07. The summed E-state index contributed by atoms with van der Waals surface area (Å²) in [6.45, 7) is 5.59. The molecule has 1 rings (SSSR count). The lowest BCUT2D eigenvalue weighted by Gasteiger charge is -2.24. The van der Waals surface area contributed by atoms with Crippen molar-refractivity contribution in [2.45, 2.75) is 51.5 Å². The van der Waals surface area contributed by atoms with Gasteiger partial charge in [-0.2, -0.15) is 0 Å². The van der Waals surface area contributed by atoms with Gasteiger partial charge >= 0.3 is 0 Å². The molecule has 3 heteroatoms. The van der Waals surface area contributed by atoms with Crippen molar-refractivity contribution in [2.75, 3.05) is 0 Å². The van der Waals surface area contributed by atoms with Gasteiger partial charge in [0, 0.05) is 18.2 Å². The van der Waals surface area contributed by atoms with Gasteiger partial charge in [-0.3, -0.25) is 4.79 Å². The Bertz CT molecular complexity index is 291. The number of nitrogens with two attached hydrogens (primary N) is 1. The average molecular weight is 236 g/mol. The summed E-state index contributed by atoms with van der Waals surface area (Å²) in [6, 6.07) is 0.357. The third-order valence-corrected chi connectivity index (χ3v) is 3.20. The molecule has 3 nitrogen and oxygen atoms in total. The highest BCUT2D eigenvalue weighted by molar-refractivity contribution is 5.81. The van der Waals surface area contributed by atoms with Gasteiger partial charge in [-0.25, -0.2) is 0 Å². The van der Waals surface area contributed by atoms with Gasteiger partial charge in [-0.1, -0.05) is 38.0 Å². The van der Waals surface area contributed by atoms with E-state index in [-0.39, 0.29) is 11.8 Å². The molecule has 1 fully saturated rings. The Hall–Kier alpha value is -1.25. The van der Waals surface area contributed by atoms with Crippen LogP contribution in [0.15, 0.2) is 24.4 Å². The van der Waals surface area contributed by atoms with E-state index in [0.717, 1.165) is 12.8 Å². The van der Waals surface area contributed by atoms with E-state index in [9.17, 15) is 4.79 Å². The van der Waals surface area contributed by atoms with Crippen LogP contribution in [0.4, 0.5) is 0 Å². The lowest BCUT2D eigenvalue weighted by atomic mass is 9.94. The van der Waals surface area contributed by atoms with Crippen LogP contribution in [0.25, 0.3) is 0 Å². The van der Waals surface area contributed by atoms with Gasteiger partial charge in [-0.05, 0) is 19.8 Å². The first-order valence-corrected chi connectivity index (χ1v) is 6.50. The zero-order valence-corrected chi connectivity index (χ0v) is 10.7. The van der Waals surface area contributed by atoms with Gasteiger partial charge in [0.2, 0.25) is 5.91 Å². The first-order chi connectivity index (χ1) is 8.13. The van der Waals surface area contributed by atoms with E-state index in [1.54, 1.807) is 0 Å². The molecule has 0 bridgehead atoms. The molecule has 96 valence electrons. The molecule has 3 N–H and O–H groups in total. The van der Waals surface area contributed by atoms with Crippen LogP contribution < -0.4 is 11.1 Å². The van der Waals surface area contributed by atoms with Crippen LogP contribution in [-0.2, 0) is 4.79 Å². The minimum absolute atomic E-state index is 0.0848. The van der Waals surface area contributed by atoms with Crippen molar-refractivity contribution in [1.82, 2.24) is 5.32 Å². The minimum Gasteiger partial charge on any atom is -0.402 e. The van der Waals surface area contributed by atoms with Crippen LogP contribution in [-0.4, -0.2) is 11.9 Å². The Balaban J connectivity index is 2.48. The Labute approximate surface area is 104 Å². The van der Waals surface area contributed by atoms with Crippen LogP contribution in [0, 0.1) is 5.92 Å². The lowest BCUT2D eigenvalue weighted by Crippen LogP contribution is -2.39. The summed E-state index contributed by atoms with van der Waals surface area (Å²) >= 11 is 0. The van der Waals surface area contributed by atoms with Crippen LogP contribution in [0.5, 0.6) is 0 Å². The summed E-state index contributed by atoms with van der Waals surface area (Å²) in [6.07, 6.45) is 10.3. The van der Waals surface area contributed by atoms with Crippen molar-refractivity contribution >= 4 is 5.91 Å². The highest BCUT2D eigenvalue weighted by atomic mass is 16.1. The monoisotopic (exact) mass is 236 g/mol. The number of hydrogen-bond acceptors (Lipinski definition) is 2. The fourth-order valence-electron chi connectivity index (χ4n) is 2.32. The number of hydrogen-bond donors (Lipinski definition) is 2. The summed E-state index contributed by atoms with van der Waals surface area (Å²) in [5.74, 6) is -0.0824. The molecule has 0 radical (unpaired) electrons. The quantitative estimate of drug-likeness (QED) is 0.721. The van der Waals surface area contributed by atoms with Gasteiger partial charge in [0.15, 0.2) is 0 Å². The first kappa shape index (κ1) is 13.8. The molecule has 0 aromatic rings. The molecular formula is C14H24N2O. The molecule has 0 spiro atoms. The van der Waals surface area contributed by atoms with Gasteiger partial charge in [-0.15, -0.1) is 0 Å². The van der Waals surface area contributed by atoms with Crippen LogP contribution in [0.3, 0.4) is 0 Å². The number of allylic oxidation sites excluding steroid dienone is 2. The molecule has 1 unspecified atom stereocenters. The van der Waals surface area contributed by atoms with Crippen LogP contribution in [0.2, 0.25) is 0 Å². The van der Waals surface area contributed by atoms with E-state index >= 15 is 0 Å². The smallest absolute Gasteiger partial charge is 0.227 e. The largest absolute Gasteiger partial charge is 0.402 e. The summed E-state index contributed by atoms with van der Waals surface area (Å²) < 4.78 is 0. The van der Waals surface area contributed by atoms with E-state index in [4.69, 9.17) is 5.73 Å². The highest BCUT2D eigenvalue weighted by Crippen LogP contribution is 2.18. The predicted octanol–water partition coefficient (Wildman–Crippen LogP) is 2.49. The molecule has 0 aromatic carbocycles. The fraction of sp³-hybridized carbons (Fsp3) is 0.643. The van der Waals surface area contributed by atoms with Crippen molar-refractivity contribution in [1.29, 1.82) is 0 Å². The maximum absolute atomic E-state index is 12.1. The van der Waals surface area contributed by atoms with Crippen molar-refractivity contribution in [3.8, 4) is 0 Å². The lowest BCUT2D eigenvalue weighted by molar-refractivity contribution is -0.124. The van der Waals surface area contributed by atoms with Crippen LogP contribution in [0.1, 0.15) is 45.4 Å². The van der Waals surface area contributed by atoms with E-state index in [1.165, 1.54) is 19.3 Å². The van der Waals surface area contributed by atoms with E-state index in [1.807, 2.05) is 19.1 Å². The molecule has 1 aliphatic carbocycles. The predicted molar refractivity (Wildman–Crippen MR) is 71.3 cm³/mol. The molecule has 1 atom stereocenters. The maximum Gasteiger partial charge on any atom is 0.227 e. The standard InChI is InChI=1S/C14H24N2O/c1-3-7-12(10-11(2)15)14(17)16-13-8-5-4-6-9-13/h3,7,12-13H,2,4-6,8-10,15H2,1H3,(H,16,17)/b7-3-. The molecule has 1 amide bonds. The van der Waals surface area contributed by atoms with E-state index in [2.05, 4.69) is 11.9 Å². The summed E-state index contributed by atoms with van der Waals surface area (Å²) in [7, 11) is 0. The number of carbonyl (C=O) groups excluding carboxylic acids is 1. The Morgan fingerprint density at radius 2 is 2.12 bits per heavy atom. The van der Waals surface area contributed by atoms with Crippen molar-refractivity contribution < 1.29 is 4.79 Å². The molecule has 0 aliphatic heterocycles. The third-order valence-electron chi connectivity index (χ3n) is 3.20. The topological polar surface area (TPSA) is 55.1 Å². The molecule has 1 saturated carbocycles. The first-order valence-electron chi connectivity index (χ1n) is 6.50. The van der Waals surface area contributed by atoms with Crippen molar-refractivity contribution in [3.63, 3.8) is 0 Å². The van der Waals surface area contributed by atoms with Gasteiger partial charge in [0.05, 0.1) is 5.92 Å². The Kier molecular flexibility index (Phi) is 5.81. The van der Waals surface area contributed by atoms with Crippen molar-refractivity contribution in [3.05, 3.63) is 24.4 Å². The SMILES string of the molecule is C=C(N)CC(/C=C\C)C(=O)NC1CCCCC1. The number of amides is 1. The van der Waals surface area contributed by atoms with E-state index < -0.39 is 0 Å². The number of rotatable bonds is 5. The van der Waals surface area contributed by atoms with Gasteiger partial charge in [0.25, 0.3) is 0 Å². The Morgan fingerprint density at radius 3 is 2.65 bits per heavy atom. The molecule has 0 saturated heterocycles. The summed E-state index contributed by atoms with van der Waals surface area (Å²) in [5, 5.41) is 3.12. The molecular weight excluding hydrogens is 212 g/mol. The minimum atomic E-state index is -0.167. The Morgan fingerprint density at radius 1 is 1.47 bits per heavy atom.